The molecule has 15 heavy (non-hydrogen) atoms. The summed E-state index contributed by atoms with van der Waals surface area (Å²) in [6.45, 7) is -0.283. The minimum atomic E-state index is -3.05. The van der Waals surface area contributed by atoms with Gasteiger partial charge in [0.2, 0.25) is 5.43 Å². The number of H-pyrrole nitrogens is 1. The lowest BCUT2D eigenvalue weighted by molar-refractivity contribution is 0.0694. The zero-order chi connectivity index (χ0) is 11.6. The van der Waals surface area contributed by atoms with Crippen molar-refractivity contribution in [1.29, 1.82) is 0 Å². The Morgan fingerprint density at radius 1 is 1.60 bits per heavy atom. The van der Waals surface area contributed by atoms with Crippen LogP contribution in [0.5, 0.6) is 0 Å². The lowest BCUT2D eigenvalue weighted by Gasteiger charge is -2.06. The van der Waals surface area contributed by atoms with E-state index in [1.807, 2.05) is 0 Å². The molecule has 5 nitrogen and oxygen atoms in total. The van der Waals surface area contributed by atoms with Crippen LogP contribution in [0.1, 0.15) is 28.0 Å². The molecule has 0 radical (unpaired) electrons. The van der Waals surface area contributed by atoms with E-state index >= 15 is 0 Å². The highest BCUT2D eigenvalue weighted by Gasteiger charge is 2.21. The van der Waals surface area contributed by atoms with Crippen LogP contribution in [-0.4, -0.2) is 16.1 Å². The molecule has 0 unspecified atom stereocenters. The van der Waals surface area contributed by atoms with Crippen LogP contribution in [0.15, 0.2) is 11.0 Å². The van der Waals surface area contributed by atoms with E-state index in [4.69, 9.17) is 10.8 Å². The molecule has 0 saturated heterocycles. The fraction of sp³-hybridized carbons (Fsp3) is 0.250. The summed E-state index contributed by atoms with van der Waals surface area (Å²) in [7, 11) is 0. The lowest BCUT2D eigenvalue weighted by atomic mass is 10.1. The molecule has 0 aliphatic carbocycles. The number of aromatic carboxylic acids is 1. The Kier molecular flexibility index (Phi) is 3.15. The molecule has 1 heterocycles. The molecule has 4 N–H and O–H groups in total. The van der Waals surface area contributed by atoms with E-state index in [2.05, 4.69) is 4.98 Å². The maximum atomic E-state index is 12.5. The van der Waals surface area contributed by atoms with Gasteiger partial charge >= 0.3 is 5.97 Å². The molecule has 0 atom stereocenters. The fourth-order valence-corrected chi connectivity index (χ4v) is 1.14. The number of nitrogens with one attached hydrogen (secondary N) is 1. The number of alkyl halides is 2. The van der Waals surface area contributed by atoms with Gasteiger partial charge in [0.15, 0.2) is 0 Å². The topological polar surface area (TPSA) is 96.2 Å². The van der Waals surface area contributed by atoms with Crippen LogP contribution < -0.4 is 11.2 Å². The maximum absolute atomic E-state index is 12.5. The normalized spacial score (nSPS) is 10.7. The first-order valence-electron chi connectivity index (χ1n) is 3.95. The van der Waals surface area contributed by atoms with Crippen LogP contribution in [0.2, 0.25) is 0 Å². The number of pyridine rings is 1. The van der Waals surface area contributed by atoms with Gasteiger partial charge in [0.05, 0.1) is 5.56 Å². The number of carboxylic acid groups (broad SMARTS) is 1. The molecule has 0 fully saturated rings. The molecule has 0 bridgehead atoms. The predicted molar refractivity (Wildman–Crippen MR) is 46.9 cm³/mol. The van der Waals surface area contributed by atoms with Crippen LogP contribution in [0.3, 0.4) is 0 Å². The third-order valence-corrected chi connectivity index (χ3v) is 1.86. The van der Waals surface area contributed by atoms with Gasteiger partial charge in [-0.15, -0.1) is 0 Å². The Bertz CT molecular complexity index is 442. The zero-order valence-corrected chi connectivity index (χ0v) is 7.46. The molecular formula is C8H8F2N2O3. The van der Waals surface area contributed by atoms with Gasteiger partial charge in [0, 0.05) is 18.4 Å². The first-order valence-corrected chi connectivity index (χ1v) is 3.95. The summed E-state index contributed by atoms with van der Waals surface area (Å²) in [6.07, 6.45) is -2.19. The van der Waals surface area contributed by atoms with E-state index in [-0.39, 0.29) is 12.2 Å². The van der Waals surface area contributed by atoms with Crippen molar-refractivity contribution in [2.45, 2.75) is 13.0 Å². The predicted octanol–water partition coefficient (Wildman–Crippen LogP) is 0.469. The number of rotatable bonds is 3. The SMILES string of the molecule is NCc1[nH]cc(C(=O)O)c(=O)c1C(F)F. The molecule has 82 valence electrons. The molecule has 0 aliphatic rings. The lowest BCUT2D eigenvalue weighted by Crippen LogP contribution is -2.23. The van der Waals surface area contributed by atoms with Gasteiger partial charge in [-0.25, -0.2) is 13.6 Å². The molecular weight excluding hydrogens is 210 g/mol. The average molecular weight is 218 g/mol. The summed E-state index contributed by atoms with van der Waals surface area (Å²) in [6, 6.07) is 0. The second-order valence-electron chi connectivity index (χ2n) is 2.73. The van der Waals surface area contributed by atoms with Gasteiger partial charge in [-0.3, -0.25) is 4.79 Å². The second kappa shape index (κ2) is 4.18. The molecule has 0 aromatic carbocycles. The number of nitrogens with two attached hydrogens (primary N) is 1. The van der Waals surface area contributed by atoms with Crippen molar-refractivity contribution in [3.8, 4) is 0 Å². The van der Waals surface area contributed by atoms with Crippen LogP contribution >= 0.6 is 0 Å². The molecule has 1 rings (SSSR count). The highest BCUT2D eigenvalue weighted by Crippen LogP contribution is 2.18. The largest absolute Gasteiger partial charge is 0.477 e. The summed E-state index contributed by atoms with van der Waals surface area (Å²) in [5.41, 5.74) is 2.19. The minimum absolute atomic E-state index is 0.153. The Morgan fingerprint density at radius 2 is 2.20 bits per heavy atom. The van der Waals surface area contributed by atoms with Gasteiger partial charge in [0.25, 0.3) is 6.43 Å². The number of aromatic nitrogens is 1. The Balaban J connectivity index is 3.50. The number of hydrogen-bond donors (Lipinski definition) is 3. The van der Waals surface area contributed by atoms with Gasteiger partial charge in [-0.2, -0.15) is 0 Å². The number of carboxylic acids is 1. The van der Waals surface area contributed by atoms with E-state index in [0.29, 0.717) is 0 Å². The minimum Gasteiger partial charge on any atom is -0.477 e. The smallest absolute Gasteiger partial charge is 0.341 e. The number of aromatic amines is 1. The third kappa shape index (κ3) is 2.01. The van der Waals surface area contributed by atoms with Gasteiger partial charge < -0.3 is 15.8 Å². The molecule has 0 aliphatic heterocycles. The number of carbonyl (C=O) groups is 1. The standard InChI is InChI=1S/C8H8F2N2O3/c9-7(10)5-4(1-11)12-2-3(6(5)13)8(14)15/h2,7H,1,11H2,(H,12,13)(H,14,15). The van der Waals surface area contributed by atoms with E-state index in [9.17, 15) is 18.4 Å². The highest BCUT2D eigenvalue weighted by molar-refractivity contribution is 5.87. The Morgan fingerprint density at radius 3 is 2.60 bits per heavy atom. The van der Waals surface area contributed by atoms with Crippen LogP contribution in [0.25, 0.3) is 0 Å². The Hall–Kier alpha value is -1.76. The van der Waals surface area contributed by atoms with Crippen molar-refractivity contribution in [2.75, 3.05) is 0 Å². The van der Waals surface area contributed by atoms with Crippen molar-refractivity contribution < 1.29 is 18.7 Å². The van der Waals surface area contributed by atoms with Crippen molar-refractivity contribution in [3.05, 3.63) is 33.2 Å². The van der Waals surface area contributed by atoms with E-state index in [1.165, 1.54) is 0 Å². The van der Waals surface area contributed by atoms with Crippen LogP contribution in [-0.2, 0) is 6.54 Å². The zero-order valence-electron chi connectivity index (χ0n) is 7.46. The van der Waals surface area contributed by atoms with E-state index in [0.717, 1.165) is 6.20 Å². The van der Waals surface area contributed by atoms with Gasteiger partial charge in [-0.05, 0) is 0 Å². The van der Waals surface area contributed by atoms with Gasteiger partial charge in [-0.1, -0.05) is 0 Å². The fourth-order valence-electron chi connectivity index (χ4n) is 1.14. The Labute approximate surface area is 82.5 Å². The number of halogens is 2. The van der Waals surface area contributed by atoms with E-state index in [1.54, 1.807) is 0 Å². The van der Waals surface area contributed by atoms with Gasteiger partial charge in [0.1, 0.15) is 5.56 Å². The first kappa shape index (κ1) is 11.3. The molecule has 0 spiro atoms. The average Bonchev–Trinajstić information content (AvgIpc) is 2.15. The first-order chi connectivity index (χ1) is 6.99. The summed E-state index contributed by atoms with van der Waals surface area (Å²) in [5.74, 6) is -1.55. The van der Waals surface area contributed by atoms with Crippen molar-refractivity contribution >= 4 is 5.97 Å². The molecule has 1 aromatic heterocycles. The third-order valence-electron chi connectivity index (χ3n) is 1.86. The molecule has 0 saturated carbocycles. The molecule has 0 amide bonds. The monoisotopic (exact) mass is 218 g/mol. The van der Waals surface area contributed by atoms with Crippen molar-refractivity contribution in [2.24, 2.45) is 5.73 Å². The van der Waals surface area contributed by atoms with Crippen molar-refractivity contribution in [1.82, 2.24) is 4.98 Å². The summed E-state index contributed by atoms with van der Waals surface area (Å²) >= 11 is 0. The molecule has 7 heteroatoms. The van der Waals surface area contributed by atoms with Crippen LogP contribution in [0, 0.1) is 0 Å². The molecule has 1 aromatic rings. The highest BCUT2D eigenvalue weighted by atomic mass is 19.3. The van der Waals surface area contributed by atoms with Crippen LogP contribution in [0.4, 0.5) is 8.78 Å². The summed E-state index contributed by atoms with van der Waals surface area (Å²) < 4.78 is 24.9. The van der Waals surface area contributed by atoms with Crippen molar-refractivity contribution in [3.63, 3.8) is 0 Å². The summed E-state index contributed by atoms with van der Waals surface area (Å²) in [5, 5.41) is 8.54. The second-order valence-corrected chi connectivity index (χ2v) is 2.73. The van der Waals surface area contributed by atoms with E-state index < -0.39 is 29.0 Å². The summed E-state index contributed by atoms with van der Waals surface area (Å²) in [4.78, 5) is 24.1. The quantitative estimate of drug-likeness (QED) is 0.687. The number of hydrogen-bond acceptors (Lipinski definition) is 3. The maximum Gasteiger partial charge on any atom is 0.341 e.